The van der Waals surface area contributed by atoms with E-state index in [2.05, 4.69) is 0 Å². The minimum absolute atomic E-state index is 0.0314. The molecule has 2 rings (SSSR count). The Morgan fingerprint density at radius 1 is 1.12 bits per heavy atom. The molecule has 0 saturated carbocycles. The summed E-state index contributed by atoms with van der Waals surface area (Å²) in [5.74, 6) is -0.473. The lowest BCUT2D eigenvalue weighted by molar-refractivity contribution is -0.143. The van der Waals surface area contributed by atoms with Crippen LogP contribution in [0.2, 0.25) is 0 Å². The van der Waals surface area contributed by atoms with Gasteiger partial charge in [-0.2, -0.15) is 4.39 Å². The zero-order chi connectivity index (χ0) is 19.1. The lowest BCUT2D eigenvalue weighted by Gasteiger charge is -2.18. The van der Waals surface area contributed by atoms with Crippen molar-refractivity contribution < 1.29 is 27.4 Å². The molecule has 0 bridgehead atoms. The molecule has 0 aliphatic heterocycles. The van der Waals surface area contributed by atoms with E-state index in [0.29, 0.717) is 16.7 Å². The first-order chi connectivity index (χ1) is 12.4. The summed E-state index contributed by atoms with van der Waals surface area (Å²) >= 11 is 0. The predicted octanol–water partition coefficient (Wildman–Crippen LogP) is 4.25. The Balaban J connectivity index is 2.34. The molecule has 2 unspecified atom stereocenters. The minimum Gasteiger partial charge on any atom is -0.466 e. The number of halogens is 3. The van der Waals surface area contributed by atoms with Gasteiger partial charge in [0.25, 0.3) is 6.36 Å². The standard InChI is InChI=1S/C19H20F3NO3/c1-2-25-17(24)11-15(23)13-8-9-16(26-19(22)18(20)21)14(10-13)12-6-4-3-5-7-12/h3-10,15,18-19H,2,11,23H2,1H3. The average molecular weight is 367 g/mol. The van der Waals surface area contributed by atoms with Crippen molar-refractivity contribution >= 4 is 5.97 Å². The van der Waals surface area contributed by atoms with Gasteiger partial charge in [0.15, 0.2) is 0 Å². The van der Waals surface area contributed by atoms with Gasteiger partial charge >= 0.3 is 12.4 Å². The van der Waals surface area contributed by atoms with E-state index in [9.17, 15) is 18.0 Å². The highest BCUT2D eigenvalue weighted by atomic mass is 19.3. The largest absolute Gasteiger partial charge is 0.466 e. The third-order valence-corrected chi connectivity index (χ3v) is 3.65. The Labute approximate surface area is 149 Å². The summed E-state index contributed by atoms with van der Waals surface area (Å²) in [7, 11) is 0. The van der Waals surface area contributed by atoms with E-state index in [0.717, 1.165) is 0 Å². The van der Waals surface area contributed by atoms with E-state index in [1.165, 1.54) is 12.1 Å². The van der Waals surface area contributed by atoms with Crippen LogP contribution in [0.4, 0.5) is 13.2 Å². The summed E-state index contributed by atoms with van der Waals surface area (Å²) in [6.07, 6.45) is -6.04. The monoisotopic (exact) mass is 367 g/mol. The fourth-order valence-electron chi connectivity index (χ4n) is 2.41. The fraction of sp³-hybridized carbons (Fsp3) is 0.316. The van der Waals surface area contributed by atoms with Crippen LogP contribution in [0, 0.1) is 0 Å². The van der Waals surface area contributed by atoms with Gasteiger partial charge < -0.3 is 15.2 Å². The molecule has 0 aliphatic rings. The van der Waals surface area contributed by atoms with E-state index in [1.54, 1.807) is 43.3 Å². The summed E-state index contributed by atoms with van der Waals surface area (Å²) < 4.78 is 48.0. The Morgan fingerprint density at radius 3 is 2.42 bits per heavy atom. The van der Waals surface area contributed by atoms with Gasteiger partial charge in [0, 0.05) is 11.6 Å². The number of carbonyl (C=O) groups is 1. The molecule has 0 aromatic heterocycles. The van der Waals surface area contributed by atoms with Gasteiger partial charge in [-0.1, -0.05) is 36.4 Å². The first kappa shape index (κ1) is 19.8. The van der Waals surface area contributed by atoms with E-state index in [1.807, 2.05) is 0 Å². The van der Waals surface area contributed by atoms with Crippen molar-refractivity contribution in [2.45, 2.75) is 32.2 Å². The summed E-state index contributed by atoms with van der Waals surface area (Å²) in [6, 6.07) is 12.6. The summed E-state index contributed by atoms with van der Waals surface area (Å²) in [6.45, 7) is 1.94. The topological polar surface area (TPSA) is 61.5 Å². The molecule has 0 fully saturated rings. The SMILES string of the molecule is CCOC(=O)CC(N)c1ccc(OC(F)C(F)F)c(-c2ccccc2)c1. The third kappa shape index (κ3) is 5.23. The van der Waals surface area contributed by atoms with Crippen LogP contribution >= 0.6 is 0 Å². The molecule has 0 heterocycles. The number of alkyl halides is 3. The maximum atomic E-state index is 13.4. The van der Waals surface area contributed by atoms with Gasteiger partial charge in [0.05, 0.1) is 13.0 Å². The molecule has 140 valence electrons. The highest BCUT2D eigenvalue weighted by Crippen LogP contribution is 2.34. The van der Waals surface area contributed by atoms with Gasteiger partial charge in [-0.15, -0.1) is 0 Å². The van der Waals surface area contributed by atoms with Crippen molar-refractivity contribution in [3.05, 3.63) is 54.1 Å². The van der Waals surface area contributed by atoms with Crippen LogP contribution in [-0.4, -0.2) is 25.4 Å². The zero-order valence-electron chi connectivity index (χ0n) is 14.2. The van der Waals surface area contributed by atoms with Gasteiger partial charge in [-0.3, -0.25) is 4.79 Å². The summed E-state index contributed by atoms with van der Waals surface area (Å²) in [4.78, 5) is 11.6. The van der Waals surface area contributed by atoms with Crippen LogP contribution in [0.5, 0.6) is 5.75 Å². The van der Waals surface area contributed by atoms with Crippen molar-refractivity contribution in [3.63, 3.8) is 0 Å². The lowest BCUT2D eigenvalue weighted by atomic mass is 9.97. The predicted molar refractivity (Wildman–Crippen MR) is 91.6 cm³/mol. The number of rotatable bonds is 8. The lowest BCUT2D eigenvalue weighted by Crippen LogP contribution is -2.20. The second kappa shape index (κ2) is 9.24. The minimum atomic E-state index is -3.26. The summed E-state index contributed by atoms with van der Waals surface area (Å²) in [5.41, 5.74) is 7.67. The van der Waals surface area contributed by atoms with Crippen molar-refractivity contribution in [3.8, 4) is 16.9 Å². The van der Waals surface area contributed by atoms with Crippen LogP contribution in [0.1, 0.15) is 24.9 Å². The van der Waals surface area contributed by atoms with Crippen LogP contribution in [0.15, 0.2) is 48.5 Å². The quantitative estimate of drug-likeness (QED) is 0.709. The Morgan fingerprint density at radius 2 is 1.81 bits per heavy atom. The highest BCUT2D eigenvalue weighted by Gasteiger charge is 2.23. The maximum Gasteiger partial charge on any atom is 0.307 e. The number of benzene rings is 2. The van der Waals surface area contributed by atoms with Crippen LogP contribution < -0.4 is 10.5 Å². The van der Waals surface area contributed by atoms with Gasteiger partial charge in [-0.25, -0.2) is 8.78 Å². The molecular weight excluding hydrogens is 347 g/mol. The molecule has 2 N–H and O–H groups in total. The molecule has 7 heteroatoms. The van der Waals surface area contributed by atoms with Crippen molar-refractivity contribution in [1.82, 2.24) is 0 Å². The Hall–Kier alpha value is -2.54. The number of esters is 1. The third-order valence-electron chi connectivity index (χ3n) is 3.65. The van der Waals surface area contributed by atoms with E-state index < -0.39 is 24.8 Å². The van der Waals surface area contributed by atoms with Gasteiger partial charge in [0.2, 0.25) is 0 Å². The number of nitrogens with two attached hydrogens (primary N) is 1. The molecule has 2 aromatic rings. The summed E-state index contributed by atoms with van der Waals surface area (Å²) in [5, 5.41) is 0. The molecular formula is C19H20F3NO3. The zero-order valence-corrected chi connectivity index (χ0v) is 14.2. The number of hydrogen-bond donors (Lipinski definition) is 1. The molecule has 0 saturated heterocycles. The molecule has 2 atom stereocenters. The van der Waals surface area contributed by atoms with E-state index in [-0.39, 0.29) is 18.8 Å². The van der Waals surface area contributed by atoms with Crippen molar-refractivity contribution in [2.75, 3.05) is 6.61 Å². The Bertz CT molecular complexity index is 725. The molecule has 0 spiro atoms. The van der Waals surface area contributed by atoms with Crippen molar-refractivity contribution in [1.29, 1.82) is 0 Å². The second-order valence-corrected chi connectivity index (χ2v) is 5.54. The van der Waals surface area contributed by atoms with Crippen LogP contribution in [0.3, 0.4) is 0 Å². The smallest absolute Gasteiger partial charge is 0.307 e. The number of hydrogen-bond acceptors (Lipinski definition) is 4. The molecule has 0 amide bonds. The average Bonchev–Trinajstić information content (AvgIpc) is 2.62. The Kier molecular flexibility index (Phi) is 7.03. The molecule has 26 heavy (non-hydrogen) atoms. The van der Waals surface area contributed by atoms with Crippen LogP contribution in [0.25, 0.3) is 11.1 Å². The molecule has 2 aromatic carbocycles. The molecule has 4 nitrogen and oxygen atoms in total. The number of carbonyl (C=O) groups excluding carboxylic acids is 1. The fourth-order valence-corrected chi connectivity index (χ4v) is 2.41. The normalized spacial score (nSPS) is 13.3. The van der Waals surface area contributed by atoms with Crippen LogP contribution in [-0.2, 0) is 9.53 Å². The highest BCUT2D eigenvalue weighted by molar-refractivity contribution is 5.73. The molecule has 0 radical (unpaired) electrons. The van der Waals surface area contributed by atoms with E-state index >= 15 is 0 Å². The molecule has 0 aliphatic carbocycles. The van der Waals surface area contributed by atoms with E-state index in [4.69, 9.17) is 15.2 Å². The second-order valence-electron chi connectivity index (χ2n) is 5.54. The van der Waals surface area contributed by atoms with Crippen molar-refractivity contribution in [2.24, 2.45) is 5.73 Å². The van der Waals surface area contributed by atoms with Gasteiger partial charge in [0.1, 0.15) is 5.75 Å². The first-order valence-electron chi connectivity index (χ1n) is 8.11. The number of ether oxygens (including phenoxy) is 2. The van der Waals surface area contributed by atoms with Gasteiger partial charge in [-0.05, 0) is 30.2 Å². The maximum absolute atomic E-state index is 13.4. The first-order valence-corrected chi connectivity index (χ1v) is 8.11.